The fourth-order valence-electron chi connectivity index (χ4n) is 5.10. The molecule has 2 saturated heterocycles. The normalized spacial score (nSPS) is 16.3. The minimum atomic E-state index is 0.213. The van der Waals surface area contributed by atoms with Crippen LogP contribution in [0.25, 0.3) is 22.2 Å². The molecule has 0 aliphatic carbocycles. The molecule has 2 aromatic heterocycles. The lowest BCUT2D eigenvalue weighted by atomic mass is 9.72. The van der Waals surface area contributed by atoms with Crippen LogP contribution in [-0.2, 0) is 9.53 Å². The molecule has 2 aromatic carbocycles. The van der Waals surface area contributed by atoms with E-state index in [-0.39, 0.29) is 5.75 Å². The molecule has 1 spiro atoms. The predicted octanol–water partition coefficient (Wildman–Crippen LogP) is 4.32. The van der Waals surface area contributed by atoms with Crippen LogP contribution in [0.2, 0.25) is 0 Å². The summed E-state index contributed by atoms with van der Waals surface area (Å²) in [4.78, 5) is 13.9. The van der Waals surface area contributed by atoms with E-state index in [1.807, 2.05) is 22.9 Å². The summed E-state index contributed by atoms with van der Waals surface area (Å²) < 4.78 is 6.14. The van der Waals surface area contributed by atoms with Gasteiger partial charge < -0.3 is 19.6 Å². The SMILES string of the molecule is CC(C)C(C)n1cc(N2CC3(CN(c4ccc5cc(-c6ccccc6O)nnc5c4)C3)C2)nn1.CCOC=O. The van der Waals surface area contributed by atoms with Crippen molar-refractivity contribution in [2.75, 3.05) is 42.6 Å². The topological polar surface area (TPSA) is 110 Å². The lowest BCUT2D eigenvalue weighted by molar-refractivity contribution is -0.128. The van der Waals surface area contributed by atoms with E-state index in [2.05, 4.69) is 80.2 Å². The number of aromatic hydroxyl groups is 1. The van der Waals surface area contributed by atoms with E-state index < -0.39 is 0 Å². The van der Waals surface area contributed by atoms with E-state index in [1.54, 1.807) is 19.1 Å². The van der Waals surface area contributed by atoms with Crippen molar-refractivity contribution >= 4 is 28.9 Å². The molecule has 2 fully saturated rings. The molecule has 2 aliphatic rings. The monoisotopic (exact) mass is 529 g/mol. The number of fused-ring (bicyclic) bond motifs is 1. The Morgan fingerprint density at radius 1 is 1.00 bits per heavy atom. The Bertz CT molecular complexity index is 1440. The first-order chi connectivity index (χ1) is 18.8. The summed E-state index contributed by atoms with van der Waals surface area (Å²) in [5.74, 6) is 1.73. The summed E-state index contributed by atoms with van der Waals surface area (Å²) >= 11 is 0. The van der Waals surface area contributed by atoms with E-state index in [0.717, 1.165) is 42.9 Å². The van der Waals surface area contributed by atoms with Crippen molar-refractivity contribution < 1.29 is 14.6 Å². The van der Waals surface area contributed by atoms with Gasteiger partial charge in [-0.3, -0.25) is 4.79 Å². The molecule has 204 valence electrons. The summed E-state index contributed by atoms with van der Waals surface area (Å²) in [6, 6.07) is 15.9. The Hall–Kier alpha value is -4.21. The number of hydrogen-bond acceptors (Lipinski definition) is 9. The number of carbonyl (C=O) groups excluding carboxylic acids is 1. The lowest BCUT2D eigenvalue weighted by Gasteiger charge is -2.61. The van der Waals surface area contributed by atoms with Crippen molar-refractivity contribution in [2.24, 2.45) is 11.3 Å². The smallest absolute Gasteiger partial charge is 0.293 e. The van der Waals surface area contributed by atoms with Gasteiger partial charge in [-0.25, -0.2) is 4.68 Å². The molecule has 1 atom stereocenters. The highest BCUT2D eigenvalue weighted by Gasteiger charge is 2.52. The lowest BCUT2D eigenvalue weighted by Crippen LogP contribution is -2.72. The van der Waals surface area contributed by atoms with Crippen molar-refractivity contribution in [1.82, 2.24) is 25.2 Å². The van der Waals surface area contributed by atoms with Crippen LogP contribution in [0.5, 0.6) is 5.75 Å². The highest BCUT2D eigenvalue weighted by atomic mass is 16.5. The molecule has 10 nitrogen and oxygen atoms in total. The number of phenolic OH excluding ortho intramolecular Hbond substituents is 1. The van der Waals surface area contributed by atoms with Crippen LogP contribution in [0.15, 0.2) is 54.7 Å². The van der Waals surface area contributed by atoms with Gasteiger partial charge in [0.05, 0.1) is 30.1 Å². The summed E-state index contributed by atoms with van der Waals surface area (Å²) in [7, 11) is 0. The van der Waals surface area contributed by atoms with Gasteiger partial charge in [-0.05, 0) is 50.1 Å². The average Bonchev–Trinajstić information content (AvgIpc) is 3.37. The highest BCUT2D eigenvalue weighted by Crippen LogP contribution is 2.43. The Kier molecular flexibility index (Phi) is 7.36. The van der Waals surface area contributed by atoms with Gasteiger partial charge in [0.15, 0.2) is 5.82 Å². The van der Waals surface area contributed by atoms with Crippen LogP contribution in [0.1, 0.15) is 33.7 Å². The Labute approximate surface area is 228 Å². The molecule has 1 unspecified atom stereocenters. The van der Waals surface area contributed by atoms with Crippen molar-refractivity contribution in [3.05, 3.63) is 54.7 Å². The molecule has 6 rings (SSSR count). The van der Waals surface area contributed by atoms with Gasteiger partial charge in [-0.2, -0.15) is 0 Å². The van der Waals surface area contributed by atoms with Crippen molar-refractivity contribution in [3.8, 4) is 17.0 Å². The standard InChI is InChI=1S/C26H29N7O.C3H6O2/c1-17(2)18(3)33-12-25(29-30-33)32-15-26(16-32)13-31(14-26)20-9-8-19-10-23(28-27-22(19)11-20)21-6-4-5-7-24(21)34;1-2-5-3-4/h4-12,17-18,34H,13-16H2,1-3H3;3H,2H2,1H3. The molecule has 0 radical (unpaired) electrons. The maximum absolute atomic E-state index is 10.1. The number of benzene rings is 2. The van der Waals surface area contributed by atoms with Crippen LogP contribution in [-0.4, -0.2) is 69.6 Å². The van der Waals surface area contributed by atoms with Gasteiger partial charge in [0.25, 0.3) is 6.47 Å². The van der Waals surface area contributed by atoms with E-state index in [0.29, 0.717) is 41.7 Å². The zero-order valence-electron chi connectivity index (χ0n) is 22.9. The van der Waals surface area contributed by atoms with Crippen molar-refractivity contribution in [3.63, 3.8) is 0 Å². The molecule has 4 heterocycles. The molecule has 2 aliphatic heterocycles. The molecule has 39 heavy (non-hydrogen) atoms. The first-order valence-corrected chi connectivity index (χ1v) is 13.4. The zero-order valence-corrected chi connectivity index (χ0v) is 22.9. The summed E-state index contributed by atoms with van der Waals surface area (Å²) in [6.45, 7) is 13.4. The van der Waals surface area contributed by atoms with Crippen LogP contribution in [0.3, 0.4) is 0 Å². The largest absolute Gasteiger partial charge is 0.507 e. The quantitative estimate of drug-likeness (QED) is 0.350. The number of anilines is 2. The van der Waals surface area contributed by atoms with E-state index in [9.17, 15) is 9.90 Å². The van der Waals surface area contributed by atoms with E-state index in [4.69, 9.17) is 0 Å². The predicted molar refractivity (Wildman–Crippen MR) is 151 cm³/mol. The summed E-state index contributed by atoms with van der Waals surface area (Å²) in [5, 5.41) is 28.7. The summed E-state index contributed by atoms with van der Waals surface area (Å²) in [6.07, 6.45) is 2.08. The number of phenols is 1. The van der Waals surface area contributed by atoms with Gasteiger partial charge in [-0.1, -0.05) is 37.3 Å². The Morgan fingerprint density at radius 3 is 2.41 bits per heavy atom. The minimum absolute atomic E-state index is 0.213. The van der Waals surface area contributed by atoms with E-state index >= 15 is 0 Å². The maximum atomic E-state index is 10.1. The number of para-hydroxylation sites is 1. The molecule has 0 amide bonds. The molecule has 4 aromatic rings. The fraction of sp³-hybridized carbons (Fsp3) is 0.414. The fourth-order valence-corrected chi connectivity index (χ4v) is 5.10. The molecule has 0 saturated carbocycles. The van der Waals surface area contributed by atoms with Crippen molar-refractivity contribution in [1.29, 1.82) is 0 Å². The molecular weight excluding hydrogens is 494 g/mol. The van der Waals surface area contributed by atoms with Crippen LogP contribution in [0, 0.1) is 11.3 Å². The zero-order chi connectivity index (χ0) is 27.6. The number of nitrogens with zero attached hydrogens (tertiary/aromatic N) is 7. The van der Waals surface area contributed by atoms with Gasteiger partial charge in [-0.15, -0.1) is 15.3 Å². The van der Waals surface area contributed by atoms with Gasteiger partial charge >= 0.3 is 0 Å². The average molecular weight is 530 g/mol. The molecule has 1 N–H and O–H groups in total. The second kappa shape index (κ2) is 10.9. The first kappa shape index (κ1) is 26.4. The number of carbonyl (C=O) groups is 1. The number of aromatic nitrogens is 5. The third-order valence-corrected chi connectivity index (χ3v) is 7.66. The van der Waals surface area contributed by atoms with Crippen LogP contribution >= 0.6 is 0 Å². The number of hydrogen-bond donors (Lipinski definition) is 1. The third-order valence-electron chi connectivity index (χ3n) is 7.66. The Morgan fingerprint density at radius 2 is 1.74 bits per heavy atom. The first-order valence-electron chi connectivity index (χ1n) is 13.4. The Balaban J connectivity index is 0.000000567. The minimum Gasteiger partial charge on any atom is -0.507 e. The van der Waals surface area contributed by atoms with E-state index in [1.165, 1.54) is 5.69 Å². The van der Waals surface area contributed by atoms with Gasteiger partial charge in [0.1, 0.15) is 5.75 Å². The summed E-state index contributed by atoms with van der Waals surface area (Å²) in [5.41, 5.74) is 3.75. The third kappa shape index (κ3) is 5.36. The van der Waals surface area contributed by atoms with Gasteiger partial charge in [0, 0.05) is 48.2 Å². The molecular formula is C29H35N7O3. The number of ether oxygens (including phenoxy) is 1. The highest BCUT2D eigenvalue weighted by molar-refractivity contribution is 5.85. The maximum Gasteiger partial charge on any atom is 0.293 e. The number of rotatable bonds is 7. The van der Waals surface area contributed by atoms with Crippen LogP contribution in [0.4, 0.5) is 11.5 Å². The molecule has 0 bridgehead atoms. The molecule has 10 heteroatoms. The second-order valence-electron chi connectivity index (χ2n) is 10.8. The van der Waals surface area contributed by atoms with Gasteiger partial charge in [0.2, 0.25) is 0 Å². The second-order valence-corrected chi connectivity index (χ2v) is 10.8. The van der Waals surface area contributed by atoms with Crippen LogP contribution < -0.4 is 9.80 Å². The van der Waals surface area contributed by atoms with Crippen molar-refractivity contribution in [2.45, 2.75) is 33.7 Å².